The van der Waals surface area contributed by atoms with Crippen LogP contribution in [0.2, 0.25) is 0 Å². The Labute approximate surface area is 138 Å². The lowest BCUT2D eigenvalue weighted by Gasteiger charge is -2.25. The lowest BCUT2D eigenvalue weighted by molar-refractivity contribution is -0.137. The van der Waals surface area contributed by atoms with Gasteiger partial charge in [-0.15, -0.1) is 0 Å². The molecule has 6 N–H and O–H groups in total. The Balaban J connectivity index is 2.32. The van der Waals surface area contributed by atoms with Crippen molar-refractivity contribution < 1.29 is 39.6 Å². The summed E-state index contributed by atoms with van der Waals surface area (Å²) in [5.41, 5.74) is 0. The first kappa shape index (κ1) is 20.4. The van der Waals surface area contributed by atoms with E-state index in [0.29, 0.717) is 0 Å². The van der Waals surface area contributed by atoms with Crippen molar-refractivity contribution in [3.05, 3.63) is 12.2 Å². The first-order chi connectivity index (χ1) is 11.3. The molecule has 2 amide bonds. The lowest BCUT2D eigenvalue weighted by atomic mass is 9.98. The van der Waals surface area contributed by atoms with Gasteiger partial charge in [0.2, 0.25) is 0 Å². The normalized spacial score (nSPS) is 19.5. The number of aliphatic hydroxyl groups is 4. The summed E-state index contributed by atoms with van der Waals surface area (Å²) in [6.07, 6.45) is -4.45. The Morgan fingerprint density at radius 2 is 1.58 bits per heavy atom. The summed E-state index contributed by atoms with van der Waals surface area (Å²) >= 11 is 0. The number of hydrogen-bond acceptors (Lipinski definition) is 9. The lowest BCUT2D eigenvalue weighted by Crippen LogP contribution is -2.46. The van der Waals surface area contributed by atoms with E-state index in [4.69, 9.17) is 5.90 Å². The molecule has 24 heavy (non-hydrogen) atoms. The van der Waals surface area contributed by atoms with Crippen LogP contribution in [-0.2, 0) is 19.2 Å². The first-order valence-corrected chi connectivity index (χ1v) is 7.37. The molecular formula is C14H22N2O8. The second-order valence-electron chi connectivity index (χ2n) is 5.44. The number of carbonyl (C=O) groups excluding carboxylic acids is 3. The second-order valence-corrected chi connectivity index (χ2v) is 5.44. The Bertz CT molecular complexity index is 477. The molecule has 10 nitrogen and oxygen atoms in total. The van der Waals surface area contributed by atoms with E-state index >= 15 is 0 Å². The third kappa shape index (κ3) is 5.74. The molecule has 1 heterocycles. The fourth-order valence-corrected chi connectivity index (χ4v) is 2.15. The highest BCUT2D eigenvalue weighted by molar-refractivity contribution is 6.13. The average Bonchev–Trinajstić information content (AvgIpc) is 2.87. The van der Waals surface area contributed by atoms with Crippen LogP contribution in [0, 0.1) is 0 Å². The molecule has 4 atom stereocenters. The Kier molecular flexibility index (Phi) is 8.11. The molecule has 0 unspecified atom stereocenters. The number of nitrogens with two attached hydrogens (primary N) is 1. The standard InChI is InChI=1S/C14H22N2O8/c15-24-7-10(19)14(23)13(22)9(18)2-1-8(17)5-6-16-11(20)3-4-12(16)21/h3-4,9-10,13-14,18-19,22-23H,1-2,5-7,15H2/t9-,10-,13-,14-/m1/s1. The van der Waals surface area contributed by atoms with Crippen molar-refractivity contribution in [2.24, 2.45) is 5.90 Å². The number of amides is 2. The highest BCUT2D eigenvalue weighted by Gasteiger charge is 2.30. The van der Waals surface area contributed by atoms with Crippen molar-refractivity contribution in [3.8, 4) is 0 Å². The molecule has 0 aromatic rings. The summed E-state index contributed by atoms with van der Waals surface area (Å²) in [6.45, 7) is -0.493. The molecular weight excluding hydrogens is 324 g/mol. The van der Waals surface area contributed by atoms with Gasteiger partial charge in [-0.1, -0.05) is 0 Å². The molecule has 0 spiro atoms. The van der Waals surface area contributed by atoms with Crippen LogP contribution in [0.15, 0.2) is 12.2 Å². The monoisotopic (exact) mass is 346 g/mol. The van der Waals surface area contributed by atoms with Gasteiger partial charge in [-0.3, -0.25) is 19.3 Å². The molecule has 1 aliphatic heterocycles. The number of Topliss-reactive ketones (excluding diaryl/α,β-unsaturated/α-hetero) is 1. The van der Waals surface area contributed by atoms with Gasteiger partial charge in [0.15, 0.2) is 0 Å². The maximum atomic E-state index is 11.7. The van der Waals surface area contributed by atoms with Crippen LogP contribution in [0.5, 0.6) is 0 Å². The SMILES string of the molecule is NOC[C@@H](O)[C@@H](O)[C@H](O)[C@H](O)CCC(=O)CCN1C(=O)C=CC1=O. The van der Waals surface area contributed by atoms with Crippen LogP contribution in [0.1, 0.15) is 19.3 Å². The maximum absolute atomic E-state index is 11.7. The van der Waals surface area contributed by atoms with Crippen LogP contribution in [0.25, 0.3) is 0 Å². The van der Waals surface area contributed by atoms with E-state index in [1.807, 2.05) is 0 Å². The van der Waals surface area contributed by atoms with E-state index in [2.05, 4.69) is 4.84 Å². The van der Waals surface area contributed by atoms with E-state index in [-0.39, 0.29) is 31.6 Å². The minimum atomic E-state index is -1.69. The molecule has 1 aliphatic rings. The predicted octanol–water partition coefficient (Wildman–Crippen LogP) is -3.02. The number of aliphatic hydroxyl groups excluding tert-OH is 4. The van der Waals surface area contributed by atoms with Crippen LogP contribution in [0.4, 0.5) is 0 Å². The molecule has 1 rings (SSSR count). The number of hydrogen-bond donors (Lipinski definition) is 5. The minimum Gasteiger partial charge on any atom is -0.390 e. The largest absolute Gasteiger partial charge is 0.390 e. The zero-order valence-corrected chi connectivity index (χ0v) is 12.9. The highest BCUT2D eigenvalue weighted by Crippen LogP contribution is 2.12. The second kappa shape index (κ2) is 9.57. The fraction of sp³-hybridized carbons (Fsp3) is 0.643. The van der Waals surface area contributed by atoms with Crippen LogP contribution < -0.4 is 5.90 Å². The van der Waals surface area contributed by atoms with Gasteiger partial charge in [-0.05, 0) is 6.42 Å². The molecule has 0 saturated heterocycles. The number of carbonyl (C=O) groups is 3. The van der Waals surface area contributed by atoms with Crippen molar-refractivity contribution in [1.29, 1.82) is 0 Å². The maximum Gasteiger partial charge on any atom is 0.253 e. The molecule has 0 aromatic heterocycles. The molecule has 0 bridgehead atoms. The first-order valence-electron chi connectivity index (χ1n) is 7.37. The van der Waals surface area contributed by atoms with Crippen LogP contribution >= 0.6 is 0 Å². The predicted molar refractivity (Wildman–Crippen MR) is 78.9 cm³/mol. The third-order valence-corrected chi connectivity index (χ3v) is 3.64. The topological polar surface area (TPSA) is 171 Å². The summed E-state index contributed by atoms with van der Waals surface area (Å²) in [7, 11) is 0. The Morgan fingerprint density at radius 1 is 1.04 bits per heavy atom. The molecule has 10 heteroatoms. The smallest absolute Gasteiger partial charge is 0.253 e. The van der Waals surface area contributed by atoms with Gasteiger partial charge in [-0.25, -0.2) is 5.90 Å². The molecule has 0 saturated carbocycles. The van der Waals surface area contributed by atoms with Crippen LogP contribution in [-0.4, -0.2) is 80.5 Å². The third-order valence-electron chi connectivity index (χ3n) is 3.64. The highest BCUT2D eigenvalue weighted by atomic mass is 16.6. The molecule has 136 valence electrons. The summed E-state index contributed by atoms with van der Waals surface area (Å²) in [4.78, 5) is 39.4. The summed E-state index contributed by atoms with van der Waals surface area (Å²) in [5, 5.41) is 38.4. The number of rotatable bonds is 11. The van der Waals surface area contributed by atoms with Gasteiger partial charge in [0.25, 0.3) is 11.8 Å². The molecule has 0 fully saturated rings. The van der Waals surface area contributed by atoms with Gasteiger partial charge in [0, 0.05) is 31.5 Å². The van der Waals surface area contributed by atoms with E-state index in [1.54, 1.807) is 0 Å². The van der Waals surface area contributed by atoms with Crippen LogP contribution in [0.3, 0.4) is 0 Å². The van der Waals surface area contributed by atoms with Gasteiger partial charge in [-0.2, -0.15) is 0 Å². The van der Waals surface area contributed by atoms with Gasteiger partial charge < -0.3 is 25.3 Å². The summed E-state index contributed by atoms with van der Waals surface area (Å²) in [5.74, 6) is 3.44. The van der Waals surface area contributed by atoms with E-state index < -0.39 is 42.8 Å². The number of nitrogens with zero attached hydrogens (tertiary/aromatic N) is 1. The fourth-order valence-electron chi connectivity index (χ4n) is 2.15. The van der Waals surface area contributed by atoms with Gasteiger partial charge in [0.1, 0.15) is 24.1 Å². The van der Waals surface area contributed by atoms with E-state index in [0.717, 1.165) is 17.1 Å². The van der Waals surface area contributed by atoms with Crippen molar-refractivity contribution >= 4 is 17.6 Å². The molecule has 0 radical (unpaired) electrons. The summed E-state index contributed by atoms with van der Waals surface area (Å²) in [6, 6.07) is 0. The van der Waals surface area contributed by atoms with Crippen molar-refractivity contribution in [2.45, 2.75) is 43.7 Å². The average molecular weight is 346 g/mol. The number of ketones is 1. The quantitative estimate of drug-likeness (QED) is 0.193. The summed E-state index contributed by atoms with van der Waals surface area (Å²) < 4.78 is 0. The molecule has 0 aromatic carbocycles. The number of imide groups is 1. The Hall–Kier alpha value is -1.69. The van der Waals surface area contributed by atoms with Crippen molar-refractivity contribution in [1.82, 2.24) is 4.90 Å². The van der Waals surface area contributed by atoms with Crippen molar-refractivity contribution in [2.75, 3.05) is 13.2 Å². The Morgan fingerprint density at radius 3 is 2.12 bits per heavy atom. The van der Waals surface area contributed by atoms with Gasteiger partial charge >= 0.3 is 0 Å². The zero-order valence-electron chi connectivity index (χ0n) is 12.9. The van der Waals surface area contributed by atoms with Gasteiger partial charge in [0.05, 0.1) is 12.7 Å². The van der Waals surface area contributed by atoms with E-state index in [1.165, 1.54) is 0 Å². The van der Waals surface area contributed by atoms with Crippen molar-refractivity contribution in [3.63, 3.8) is 0 Å². The van der Waals surface area contributed by atoms with E-state index in [9.17, 15) is 34.8 Å². The minimum absolute atomic E-state index is 0.0582. The zero-order chi connectivity index (χ0) is 18.3. The molecule has 0 aliphatic carbocycles.